The fourth-order valence-electron chi connectivity index (χ4n) is 3.65. The monoisotopic (exact) mass is 447 g/mol. The van der Waals surface area contributed by atoms with Crippen molar-refractivity contribution in [2.75, 3.05) is 17.2 Å². The molecular weight excluding hydrogens is 418 g/mol. The van der Waals surface area contributed by atoms with Crippen molar-refractivity contribution in [3.8, 4) is 0 Å². The van der Waals surface area contributed by atoms with Crippen LogP contribution in [0.15, 0.2) is 48.7 Å². The quantitative estimate of drug-likeness (QED) is 0.499. The third-order valence-corrected chi connectivity index (χ3v) is 5.48. The molecule has 7 nitrogen and oxygen atoms in total. The van der Waals surface area contributed by atoms with Crippen molar-refractivity contribution in [2.24, 2.45) is 5.92 Å². The van der Waals surface area contributed by atoms with Gasteiger partial charge < -0.3 is 15.4 Å². The summed E-state index contributed by atoms with van der Waals surface area (Å²) in [5.41, 5.74) is 2.00. The van der Waals surface area contributed by atoms with Gasteiger partial charge in [-0.1, -0.05) is 18.2 Å². The zero-order valence-electron chi connectivity index (χ0n) is 19.4. The summed E-state index contributed by atoms with van der Waals surface area (Å²) in [6, 6.07) is 12.4. The van der Waals surface area contributed by atoms with E-state index in [0.29, 0.717) is 33.6 Å². The van der Waals surface area contributed by atoms with Crippen molar-refractivity contribution in [1.82, 2.24) is 4.57 Å². The van der Waals surface area contributed by atoms with Crippen molar-refractivity contribution < 1.29 is 19.1 Å². The first-order valence-electron chi connectivity index (χ1n) is 11.2. The first-order chi connectivity index (χ1) is 15.6. The molecule has 1 fully saturated rings. The van der Waals surface area contributed by atoms with Crippen molar-refractivity contribution in [2.45, 2.75) is 46.1 Å². The van der Waals surface area contributed by atoms with E-state index in [9.17, 15) is 14.4 Å². The van der Waals surface area contributed by atoms with Crippen LogP contribution in [-0.4, -0.2) is 34.5 Å². The number of carbonyl (C=O) groups excluding carboxylic acids is 3. The number of hydrogen-bond donors (Lipinski definition) is 2. The summed E-state index contributed by atoms with van der Waals surface area (Å²) in [5, 5.41) is 7.00. The fourth-order valence-corrected chi connectivity index (χ4v) is 3.65. The molecule has 0 aliphatic heterocycles. The molecule has 3 aromatic rings. The van der Waals surface area contributed by atoms with Crippen LogP contribution in [0, 0.1) is 5.92 Å². The summed E-state index contributed by atoms with van der Waals surface area (Å²) < 4.78 is 6.96. The number of carbonyl (C=O) groups is 3. The number of aromatic nitrogens is 1. The van der Waals surface area contributed by atoms with E-state index in [0.717, 1.165) is 12.2 Å². The van der Waals surface area contributed by atoms with E-state index in [-0.39, 0.29) is 11.8 Å². The van der Waals surface area contributed by atoms with Crippen LogP contribution in [0.25, 0.3) is 10.9 Å². The molecule has 7 heteroatoms. The minimum atomic E-state index is -0.627. The average molecular weight is 448 g/mol. The minimum absolute atomic E-state index is 0.177. The van der Waals surface area contributed by atoms with Gasteiger partial charge in [0.1, 0.15) is 5.60 Å². The molecular formula is C26H29N3O4. The Bertz CT molecular complexity index is 1230. The number of anilines is 2. The van der Waals surface area contributed by atoms with Crippen LogP contribution in [0.3, 0.4) is 0 Å². The van der Waals surface area contributed by atoms with Crippen molar-refractivity contribution >= 4 is 40.1 Å². The summed E-state index contributed by atoms with van der Waals surface area (Å²) >= 11 is 0. The normalized spacial score (nSPS) is 13.6. The van der Waals surface area contributed by atoms with Gasteiger partial charge in [0.05, 0.1) is 28.0 Å². The summed E-state index contributed by atoms with van der Waals surface area (Å²) in [6.07, 6.45) is 3.93. The predicted molar refractivity (Wildman–Crippen MR) is 129 cm³/mol. The highest BCUT2D eigenvalue weighted by atomic mass is 16.6. The lowest BCUT2D eigenvalue weighted by Crippen LogP contribution is -2.24. The molecule has 33 heavy (non-hydrogen) atoms. The number of hydrogen-bond acceptors (Lipinski definition) is 5. The molecule has 2 N–H and O–H groups in total. The van der Waals surface area contributed by atoms with E-state index in [1.165, 1.54) is 24.3 Å². The Balaban J connectivity index is 1.67. The number of amides is 1. The molecule has 0 unspecified atom stereocenters. The molecule has 0 saturated heterocycles. The highest BCUT2D eigenvalue weighted by Crippen LogP contribution is 2.32. The Morgan fingerprint density at radius 2 is 1.79 bits per heavy atom. The molecule has 1 aliphatic rings. The number of benzene rings is 2. The Hall–Kier alpha value is -3.61. The maximum absolute atomic E-state index is 13.3. The van der Waals surface area contributed by atoms with Crippen LogP contribution in [0.2, 0.25) is 0 Å². The second-order valence-electron chi connectivity index (χ2n) is 9.49. The summed E-state index contributed by atoms with van der Waals surface area (Å²) in [6.45, 7) is 7.69. The topological polar surface area (TPSA) is 89.4 Å². The third kappa shape index (κ3) is 5.25. The molecule has 4 rings (SSSR count). The largest absolute Gasteiger partial charge is 0.456 e. The van der Waals surface area contributed by atoms with E-state index in [1.54, 1.807) is 30.5 Å². The number of esters is 1. The van der Waals surface area contributed by atoms with E-state index in [1.807, 2.05) is 39.0 Å². The zero-order chi connectivity index (χ0) is 23.8. The Labute approximate surface area is 193 Å². The Kier molecular flexibility index (Phi) is 5.97. The predicted octanol–water partition coefficient (Wildman–Crippen LogP) is 5.33. The van der Waals surface area contributed by atoms with Gasteiger partial charge >= 0.3 is 5.97 Å². The first kappa shape index (κ1) is 22.6. The van der Waals surface area contributed by atoms with Gasteiger partial charge in [0.25, 0.3) is 5.91 Å². The van der Waals surface area contributed by atoms with Gasteiger partial charge in [-0.05, 0) is 63.8 Å². The second kappa shape index (κ2) is 8.73. The van der Waals surface area contributed by atoms with Crippen LogP contribution in [-0.2, 0) is 4.74 Å². The minimum Gasteiger partial charge on any atom is -0.456 e. The molecule has 1 aliphatic carbocycles. The second-order valence-corrected chi connectivity index (χ2v) is 9.49. The molecule has 1 amide bonds. The highest BCUT2D eigenvalue weighted by molar-refractivity contribution is 6.15. The lowest BCUT2D eigenvalue weighted by atomic mass is 10.1. The summed E-state index contributed by atoms with van der Waals surface area (Å²) in [4.78, 5) is 38.0. The van der Waals surface area contributed by atoms with Gasteiger partial charge in [-0.15, -0.1) is 0 Å². The fraction of sp³-hybridized carbons (Fsp3) is 0.346. The lowest BCUT2D eigenvalue weighted by molar-refractivity contribution is 0.00693. The third-order valence-electron chi connectivity index (χ3n) is 5.48. The maximum atomic E-state index is 13.3. The number of nitrogens with one attached hydrogen (secondary N) is 2. The van der Waals surface area contributed by atoms with Gasteiger partial charge in [0, 0.05) is 25.1 Å². The number of ether oxygens (including phenoxy) is 1. The number of para-hydroxylation sites is 1. The zero-order valence-corrected chi connectivity index (χ0v) is 19.4. The van der Waals surface area contributed by atoms with E-state index < -0.39 is 11.6 Å². The maximum Gasteiger partial charge on any atom is 0.338 e. The molecule has 1 saturated carbocycles. The Morgan fingerprint density at radius 1 is 1.06 bits per heavy atom. The molecule has 0 bridgehead atoms. The summed E-state index contributed by atoms with van der Waals surface area (Å²) in [7, 11) is 0. The van der Waals surface area contributed by atoms with Gasteiger partial charge in [-0.25, -0.2) is 4.79 Å². The van der Waals surface area contributed by atoms with Gasteiger partial charge in [0.15, 0.2) is 0 Å². The standard InChI is InChI=1S/C26H29N3O4/c1-16(30)29-15-20(19-7-5-6-8-23(19)29)24(31)28-22-13-18(25(32)33-26(2,3)4)11-12-21(22)27-14-17-9-10-17/h5-8,11-13,15,17,27H,9-10,14H2,1-4H3,(H,28,31). The van der Waals surface area contributed by atoms with E-state index in [4.69, 9.17) is 4.74 Å². The van der Waals surface area contributed by atoms with Crippen LogP contribution < -0.4 is 10.6 Å². The molecule has 0 radical (unpaired) electrons. The SMILES string of the molecule is CC(=O)n1cc(C(=O)Nc2cc(C(=O)OC(C)(C)C)ccc2NCC2CC2)c2ccccc21. The van der Waals surface area contributed by atoms with Crippen molar-refractivity contribution in [3.63, 3.8) is 0 Å². The first-order valence-corrected chi connectivity index (χ1v) is 11.2. The smallest absolute Gasteiger partial charge is 0.338 e. The van der Waals surface area contributed by atoms with Crippen molar-refractivity contribution in [1.29, 1.82) is 0 Å². The summed E-state index contributed by atoms with van der Waals surface area (Å²) in [5.74, 6) is -0.362. The molecule has 172 valence electrons. The lowest BCUT2D eigenvalue weighted by Gasteiger charge is -2.20. The average Bonchev–Trinajstić information content (AvgIpc) is 3.49. The molecule has 0 spiro atoms. The van der Waals surface area contributed by atoms with Crippen LogP contribution in [0.5, 0.6) is 0 Å². The number of nitrogens with zero attached hydrogens (tertiary/aromatic N) is 1. The molecule has 1 heterocycles. The number of rotatable bonds is 6. The van der Waals surface area contributed by atoms with Crippen LogP contribution >= 0.6 is 0 Å². The molecule has 2 aromatic carbocycles. The van der Waals surface area contributed by atoms with Crippen LogP contribution in [0.4, 0.5) is 11.4 Å². The number of fused-ring (bicyclic) bond motifs is 1. The van der Waals surface area contributed by atoms with E-state index >= 15 is 0 Å². The van der Waals surface area contributed by atoms with Gasteiger partial charge in [-0.2, -0.15) is 0 Å². The van der Waals surface area contributed by atoms with Crippen molar-refractivity contribution in [3.05, 3.63) is 59.8 Å². The van der Waals surface area contributed by atoms with Crippen LogP contribution in [0.1, 0.15) is 66.0 Å². The highest BCUT2D eigenvalue weighted by Gasteiger charge is 2.23. The van der Waals surface area contributed by atoms with Gasteiger partial charge in [-0.3, -0.25) is 14.2 Å². The Morgan fingerprint density at radius 3 is 2.45 bits per heavy atom. The molecule has 1 aromatic heterocycles. The van der Waals surface area contributed by atoms with Gasteiger partial charge in [0.2, 0.25) is 5.91 Å². The van der Waals surface area contributed by atoms with E-state index in [2.05, 4.69) is 10.6 Å². The molecule has 0 atom stereocenters.